The van der Waals surface area contributed by atoms with Gasteiger partial charge in [0, 0.05) is 13.0 Å². The summed E-state index contributed by atoms with van der Waals surface area (Å²) < 4.78 is 9.33. The van der Waals surface area contributed by atoms with E-state index in [1.54, 1.807) is 0 Å². The van der Waals surface area contributed by atoms with Crippen LogP contribution in [0.15, 0.2) is 21.5 Å². The molecule has 0 unspecified atom stereocenters. The molecule has 0 aliphatic rings. The summed E-state index contributed by atoms with van der Waals surface area (Å²) in [4.78, 5) is 21.2. The third-order valence-corrected chi connectivity index (χ3v) is 1.28. The lowest BCUT2D eigenvalue weighted by Gasteiger charge is -1.99. The lowest BCUT2D eigenvalue weighted by molar-refractivity contribution is -0.142. The Balaban J connectivity index is 2.74. The van der Waals surface area contributed by atoms with Gasteiger partial charge in [0.05, 0.1) is 0 Å². The Labute approximate surface area is 73.6 Å². The molecule has 0 aromatic carbocycles. The van der Waals surface area contributed by atoms with Crippen LogP contribution in [0.5, 0.6) is 5.75 Å². The topological polar surface area (TPSA) is 76.7 Å². The van der Waals surface area contributed by atoms with E-state index in [9.17, 15) is 9.59 Å². The van der Waals surface area contributed by atoms with E-state index in [-0.39, 0.29) is 12.4 Å². The molecule has 0 aliphatic carbocycles. The van der Waals surface area contributed by atoms with Crippen LogP contribution in [0.25, 0.3) is 0 Å². The summed E-state index contributed by atoms with van der Waals surface area (Å²) in [6.45, 7) is 1.14. The van der Waals surface area contributed by atoms with Crippen LogP contribution in [0.1, 0.15) is 12.7 Å². The number of aromatic hydroxyl groups is 1. The number of hydrogen-bond donors (Lipinski definition) is 1. The molecule has 0 spiro atoms. The Bertz CT molecular complexity index is 365. The molecule has 1 aromatic rings. The van der Waals surface area contributed by atoms with Crippen LogP contribution in [0, 0.1) is 0 Å². The predicted octanol–water partition coefficient (Wildman–Crippen LogP) is 0.408. The average Bonchev–Trinajstić information content (AvgIpc) is 2.07. The Kier molecular flexibility index (Phi) is 2.69. The van der Waals surface area contributed by atoms with Crippen LogP contribution in [-0.4, -0.2) is 11.1 Å². The van der Waals surface area contributed by atoms with Crippen molar-refractivity contribution in [2.45, 2.75) is 13.5 Å². The summed E-state index contributed by atoms with van der Waals surface area (Å²) in [5, 5.41) is 8.81. The maximum absolute atomic E-state index is 10.8. The van der Waals surface area contributed by atoms with Crippen LogP contribution >= 0.6 is 0 Å². The van der Waals surface area contributed by atoms with Crippen molar-refractivity contribution in [2.75, 3.05) is 0 Å². The molecular formula is C8H8O5. The zero-order valence-corrected chi connectivity index (χ0v) is 6.94. The second kappa shape index (κ2) is 3.75. The van der Waals surface area contributed by atoms with Gasteiger partial charge in [0.1, 0.15) is 18.6 Å². The van der Waals surface area contributed by atoms with Crippen molar-refractivity contribution in [1.29, 1.82) is 0 Å². The van der Waals surface area contributed by atoms with Gasteiger partial charge in [0.25, 0.3) is 0 Å². The number of esters is 1. The Morgan fingerprint density at radius 3 is 2.92 bits per heavy atom. The fourth-order valence-corrected chi connectivity index (χ4v) is 0.692. The molecule has 1 aromatic heterocycles. The zero-order chi connectivity index (χ0) is 9.84. The molecule has 13 heavy (non-hydrogen) atoms. The van der Waals surface area contributed by atoms with Gasteiger partial charge in [-0.1, -0.05) is 0 Å². The van der Waals surface area contributed by atoms with E-state index in [1.165, 1.54) is 6.92 Å². The van der Waals surface area contributed by atoms with Gasteiger partial charge in [-0.05, 0) is 0 Å². The molecule has 0 saturated carbocycles. The average molecular weight is 184 g/mol. The molecule has 1 rings (SSSR count). The zero-order valence-electron chi connectivity index (χ0n) is 6.94. The normalized spacial score (nSPS) is 9.62. The van der Waals surface area contributed by atoms with Gasteiger partial charge >= 0.3 is 5.97 Å². The second-order valence-corrected chi connectivity index (χ2v) is 2.38. The predicted molar refractivity (Wildman–Crippen MR) is 42.1 cm³/mol. The van der Waals surface area contributed by atoms with Gasteiger partial charge in [0.15, 0.2) is 5.75 Å². The third-order valence-electron chi connectivity index (χ3n) is 1.28. The molecule has 70 valence electrons. The third kappa shape index (κ3) is 2.62. The molecule has 0 bridgehead atoms. The lowest BCUT2D eigenvalue weighted by atomic mass is 10.4. The first-order chi connectivity index (χ1) is 6.09. The highest BCUT2D eigenvalue weighted by Crippen LogP contribution is 2.04. The van der Waals surface area contributed by atoms with Crippen LogP contribution in [-0.2, 0) is 16.1 Å². The van der Waals surface area contributed by atoms with Crippen molar-refractivity contribution in [1.82, 2.24) is 0 Å². The summed E-state index contributed by atoms with van der Waals surface area (Å²) in [5.41, 5.74) is -0.562. The molecule has 0 amide bonds. The molecule has 5 heteroatoms. The van der Waals surface area contributed by atoms with Crippen molar-refractivity contribution in [3.63, 3.8) is 0 Å². The van der Waals surface area contributed by atoms with E-state index in [2.05, 4.69) is 4.74 Å². The Morgan fingerprint density at radius 2 is 2.38 bits per heavy atom. The summed E-state index contributed by atoms with van der Waals surface area (Å²) in [5.74, 6) is -0.736. The monoisotopic (exact) mass is 184 g/mol. The minimum atomic E-state index is -0.562. The molecular weight excluding hydrogens is 176 g/mol. The largest absolute Gasteiger partial charge is 0.502 e. The van der Waals surface area contributed by atoms with E-state index >= 15 is 0 Å². The first-order valence-corrected chi connectivity index (χ1v) is 3.53. The van der Waals surface area contributed by atoms with Crippen molar-refractivity contribution >= 4 is 5.97 Å². The van der Waals surface area contributed by atoms with Gasteiger partial charge in [-0.2, -0.15) is 0 Å². The fourth-order valence-electron chi connectivity index (χ4n) is 0.692. The number of hydrogen-bond acceptors (Lipinski definition) is 5. The lowest BCUT2D eigenvalue weighted by Crippen LogP contribution is -2.03. The van der Waals surface area contributed by atoms with Crippen molar-refractivity contribution in [3.05, 3.63) is 28.3 Å². The standard InChI is InChI=1S/C8H8O5/c1-5(9)12-3-6-2-7(10)8(11)4-13-6/h2,4,11H,3H2,1H3. The Hall–Kier alpha value is -1.78. The maximum Gasteiger partial charge on any atom is 0.303 e. The van der Waals surface area contributed by atoms with E-state index in [0.717, 1.165) is 12.3 Å². The number of rotatable bonds is 2. The SMILES string of the molecule is CC(=O)OCc1cc(=O)c(O)co1. The minimum Gasteiger partial charge on any atom is -0.502 e. The fraction of sp³-hybridized carbons (Fsp3) is 0.250. The summed E-state index contributed by atoms with van der Waals surface area (Å²) in [7, 11) is 0. The van der Waals surface area contributed by atoms with Gasteiger partial charge in [-0.25, -0.2) is 0 Å². The van der Waals surface area contributed by atoms with Crippen LogP contribution in [0.4, 0.5) is 0 Å². The highest BCUT2D eigenvalue weighted by atomic mass is 16.5. The smallest absolute Gasteiger partial charge is 0.303 e. The van der Waals surface area contributed by atoms with Crippen LogP contribution in [0.2, 0.25) is 0 Å². The molecule has 0 atom stereocenters. The second-order valence-electron chi connectivity index (χ2n) is 2.38. The maximum atomic E-state index is 10.8. The van der Waals surface area contributed by atoms with Gasteiger partial charge in [-0.15, -0.1) is 0 Å². The van der Waals surface area contributed by atoms with Gasteiger partial charge in [0.2, 0.25) is 5.43 Å². The molecule has 0 fully saturated rings. The molecule has 5 nitrogen and oxygen atoms in total. The Morgan fingerprint density at radius 1 is 1.69 bits per heavy atom. The van der Waals surface area contributed by atoms with Crippen molar-refractivity contribution in [3.8, 4) is 5.75 Å². The highest BCUT2D eigenvalue weighted by molar-refractivity contribution is 5.65. The molecule has 0 aliphatic heterocycles. The van der Waals surface area contributed by atoms with Crippen molar-refractivity contribution in [2.24, 2.45) is 0 Å². The minimum absolute atomic E-state index is 0.106. The number of carbonyl (C=O) groups is 1. The van der Waals surface area contributed by atoms with Crippen LogP contribution < -0.4 is 5.43 Å². The molecule has 1 heterocycles. The highest BCUT2D eigenvalue weighted by Gasteiger charge is 2.02. The van der Waals surface area contributed by atoms with Crippen LogP contribution in [0.3, 0.4) is 0 Å². The van der Waals surface area contributed by atoms with E-state index in [4.69, 9.17) is 9.52 Å². The number of carbonyl (C=O) groups excluding carboxylic acids is 1. The first kappa shape index (κ1) is 9.31. The molecule has 0 radical (unpaired) electrons. The number of ether oxygens (including phenoxy) is 1. The summed E-state index contributed by atoms with van der Waals surface area (Å²) in [6.07, 6.45) is 0.904. The summed E-state index contributed by atoms with van der Waals surface area (Å²) in [6, 6.07) is 1.07. The molecule has 0 saturated heterocycles. The van der Waals surface area contributed by atoms with Crippen molar-refractivity contribution < 1.29 is 19.1 Å². The molecule has 1 N–H and O–H groups in total. The van der Waals surface area contributed by atoms with E-state index in [0.29, 0.717) is 0 Å². The van der Waals surface area contributed by atoms with Gasteiger partial charge < -0.3 is 14.3 Å². The summed E-state index contributed by atoms with van der Waals surface area (Å²) >= 11 is 0. The van der Waals surface area contributed by atoms with Gasteiger partial charge in [-0.3, -0.25) is 9.59 Å². The first-order valence-electron chi connectivity index (χ1n) is 3.53. The quantitative estimate of drug-likeness (QED) is 0.673. The van der Waals surface area contributed by atoms with E-state index < -0.39 is 17.1 Å². The van der Waals surface area contributed by atoms with E-state index in [1.807, 2.05) is 0 Å².